The molecule has 0 N–H and O–H groups in total. The highest BCUT2D eigenvalue weighted by Gasteiger charge is 2.07. The van der Waals surface area contributed by atoms with Gasteiger partial charge in [0.15, 0.2) is 6.29 Å². The molecule has 0 saturated carbocycles. The van der Waals surface area contributed by atoms with E-state index in [0.29, 0.717) is 44.3 Å². The van der Waals surface area contributed by atoms with Crippen molar-refractivity contribution in [3.05, 3.63) is 29.8 Å². The first-order valence-corrected chi connectivity index (χ1v) is 7.29. The van der Waals surface area contributed by atoms with Crippen LogP contribution in [-0.4, -0.2) is 52.4 Å². The minimum atomic E-state index is -0.403. The predicted octanol–water partition coefficient (Wildman–Crippen LogP) is 2.27. The summed E-state index contributed by atoms with van der Waals surface area (Å²) >= 11 is 0. The van der Waals surface area contributed by atoms with Crippen molar-refractivity contribution in [1.82, 2.24) is 0 Å². The SMILES string of the molecule is CCOCCOCCOC(C)Oc1ccc(C(=O)OC)cc1. The van der Waals surface area contributed by atoms with Gasteiger partial charge < -0.3 is 23.7 Å². The van der Waals surface area contributed by atoms with Crippen molar-refractivity contribution in [1.29, 1.82) is 0 Å². The Morgan fingerprint density at radius 2 is 1.68 bits per heavy atom. The molecule has 0 aliphatic carbocycles. The predicted molar refractivity (Wildman–Crippen MR) is 81.1 cm³/mol. The molecule has 0 fully saturated rings. The standard InChI is InChI=1S/C16H24O6/c1-4-19-9-10-20-11-12-21-13(2)22-15-7-5-14(6-8-15)16(17)18-3/h5-8,13H,4,9-12H2,1-3H3. The summed E-state index contributed by atoms with van der Waals surface area (Å²) in [6.07, 6.45) is -0.403. The molecule has 22 heavy (non-hydrogen) atoms. The lowest BCUT2D eigenvalue weighted by atomic mass is 10.2. The molecule has 0 saturated heterocycles. The van der Waals surface area contributed by atoms with Gasteiger partial charge in [-0.15, -0.1) is 0 Å². The zero-order chi connectivity index (χ0) is 16.2. The van der Waals surface area contributed by atoms with E-state index in [1.807, 2.05) is 6.92 Å². The Labute approximate surface area is 131 Å². The van der Waals surface area contributed by atoms with Gasteiger partial charge in [0.05, 0.1) is 39.1 Å². The molecule has 1 aromatic carbocycles. The molecule has 124 valence electrons. The lowest BCUT2D eigenvalue weighted by Crippen LogP contribution is -2.19. The molecule has 0 aliphatic rings. The second kappa shape index (κ2) is 11.0. The van der Waals surface area contributed by atoms with Crippen LogP contribution in [-0.2, 0) is 18.9 Å². The topological polar surface area (TPSA) is 63.2 Å². The maximum Gasteiger partial charge on any atom is 0.337 e. The zero-order valence-electron chi connectivity index (χ0n) is 13.4. The van der Waals surface area contributed by atoms with Gasteiger partial charge in [0.25, 0.3) is 0 Å². The van der Waals surface area contributed by atoms with Crippen LogP contribution in [0.25, 0.3) is 0 Å². The highest BCUT2D eigenvalue weighted by atomic mass is 16.7. The number of esters is 1. The smallest absolute Gasteiger partial charge is 0.337 e. The van der Waals surface area contributed by atoms with Crippen LogP contribution in [0.15, 0.2) is 24.3 Å². The molecule has 1 aromatic rings. The number of hydrogen-bond donors (Lipinski definition) is 0. The summed E-state index contributed by atoms with van der Waals surface area (Å²) in [6, 6.07) is 6.69. The molecule has 1 atom stereocenters. The summed E-state index contributed by atoms with van der Waals surface area (Å²) in [5, 5.41) is 0. The number of ether oxygens (including phenoxy) is 5. The average molecular weight is 312 g/mol. The van der Waals surface area contributed by atoms with E-state index in [1.54, 1.807) is 31.2 Å². The van der Waals surface area contributed by atoms with Crippen LogP contribution in [0.4, 0.5) is 0 Å². The molecule has 6 nitrogen and oxygen atoms in total. The van der Waals surface area contributed by atoms with E-state index in [4.69, 9.17) is 18.9 Å². The summed E-state index contributed by atoms with van der Waals surface area (Å²) in [7, 11) is 1.35. The average Bonchev–Trinajstić information content (AvgIpc) is 2.54. The van der Waals surface area contributed by atoms with Gasteiger partial charge in [0.2, 0.25) is 0 Å². The van der Waals surface area contributed by atoms with Crippen molar-refractivity contribution < 1.29 is 28.5 Å². The van der Waals surface area contributed by atoms with E-state index < -0.39 is 6.29 Å². The van der Waals surface area contributed by atoms with Gasteiger partial charge >= 0.3 is 5.97 Å². The van der Waals surface area contributed by atoms with Gasteiger partial charge in [0.1, 0.15) is 5.75 Å². The number of carbonyl (C=O) groups is 1. The summed E-state index contributed by atoms with van der Waals surface area (Å²) in [4.78, 5) is 11.3. The van der Waals surface area contributed by atoms with Crippen LogP contribution in [0.2, 0.25) is 0 Å². The van der Waals surface area contributed by atoms with E-state index in [2.05, 4.69) is 4.74 Å². The van der Waals surface area contributed by atoms with Crippen molar-refractivity contribution >= 4 is 5.97 Å². The largest absolute Gasteiger partial charge is 0.465 e. The summed E-state index contributed by atoms with van der Waals surface area (Å²) < 4.78 is 26.2. The van der Waals surface area contributed by atoms with Crippen molar-refractivity contribution in [2.75, 3.05) is 40.1 Å². The lowest BCUT2D eigenvalue weighted by molar-refractivity contribution is -0.0859. The second-order valence-electron chi connectivity index (χ2n) is 4.38. The highest BCUT2D eigenvalue weighted by Crippen LogP contribution is 2.14. The minimum Gasteiger partial charge on any atom is -0.465 e. The Balaban J connectivity index is 2.19. The van der Waals surface area contributed by atoms with E-state index in [-0.39, 0.29) is 5.97 Å². The molecule has 0 heterocycles. The normalized spacial score (nSPS) is 12.0. The quantitative estimate of drug-likeness (QED) is 0.355. The summed E-state index contributed by atoms with van der Waals surface area (Å²) in [6.45, 7) is 6.51. The van der Waals surface area contributed by atoms with Crippen LogP contribution < -0.4 is 4.74 Å². The number of methoxy groups -OCH3 is 1. The number of benzene rings is 1. The fourth-order valence-electron chi connectivity index (χ4n) is 1.65. The number of hydrogen-bond acceptors (Lipinski definition) is 6. The van der Waals surface area contributed by atoms with Gasteiger partial charge in [-0.3, -0.25) is 0 Å². The van der Waals surface area contributed by atoms with E-state index in [1.165, 1.54) is 7.11 Å². The molecular weight excluding hydrogens is 288 g/mol. The van der Waals surface area contributed by atoms with Crippen molar-refractivity contribution in [2.24, 2.45) is 0 Å². The first-order valence-electron chi connectivity index (χ1n) is 7.29. The van der Waals surface area contributed by atoms with Gasteiger partial charge in [-0.05, 0) is 38.1 Å². The zero-order valence-corrected chi connectivity index (χ0v) is 13.4. The number of rotatable bonds is 11. The van der Waals surface area contributed by atoms with Crippen molar-refractivity contribution in [3.8, 4) is 5.75 Å². The lowest BCUT2D eigenvalue weighted by Gasteiger charge is -2.15. The third-order valence-corrected chi connectivity index (χ3v) is 2.73. The molecule has 1 rings (SSSR count). The molecule has 0 spiro atoms. The molecule has 6 heteroatoms. The maximum absolute atomic E-state index is 11.3. The molecule has 0 radical (unpaired) electrons. The minimum absolute atomic E-state index is 0.375. The molecule has 0 amide bonds. The first-order chi connectivity index (χ1) is 10.7. The van der Waals surface area contributed by atoms with Gasteiger partial charge in [-0.25, -0.2) is 4.79 Å². The monoisotopic (exact) mass is 312 g/mol. The van der Waals surface area contributed by atoms with Crippen molar-refractivity contribution in [3.63, 3.8) is 0 Å². The van der Waals surface area contributed by atoms with E-state index >= 15 is 0 Å². The van der Waals surface area contributed by atoms with Crippen molar-refractivity contribution in [2.45, 2.75) is 20.1 Å². The molecule has 0 bridgehead atoms. The van der Waals surface area contributed by atoms with Gasteiger partial charge in [-0.2, -0.15) is 0 Å². The second-order valence-corrected chi connectivity index (χ2v) is 4.38. The maximum atomic E-state index is 11.3. The Bertz CT molecular complexity index is 417. The highest BCUT2D eigenvalue weighted by molar-refractivity contribution is 5.89. The third-order valence-electron chi connectivity index (χ3n) is 2.73. The summed E-state index contributed by atoms with van der Waals surface area (Å²) in [5.41, 5.74) is 0.478. The molecule has 1 unspecified atom stereocenters. The fourth-order valence-corrected chi connectivity index (χ4v) is 1.65. The molecule has 0 aromatic heterocycles. The number of carbonyl (C=O) groups excluding carboxylic acids is 1. The van der Waals surface area contributed by atoms with E-state index in [9.17, 15) is 4.79 Å². The van der Waals surface area contributed by atoms with Gasteiger partial charge in [0, 0.05) is 6.61 Å². The van der Waals surface area contributed by atoms with Crippen LogP contribution in [0.1, 0.15) is 24.2 Å². The Hall–Kier alpha value is -1.63. The molecular formula is C16H24O6. The third kappa shape index (κ3) is 7.40. The van der Waals surface area contributed by atoms with Crippen LogP contribution in [0, 0.1) is 0 Å². The van der Waals surface area contributed by atoms with E-state index in [0.717, 1.165) is 0 Å². The van der Waals surface area contributed by atoms with Crippen LogP contribution in [0.3, 0.4) is 0 Å². The summed E-state index contributed by atoms with van der Waals surface area (Å²) in [5.74, 6) is 0.248. The Kier molecular flexibility index (Phi) is 9.21. The Morgan fingerprint density at radius 3 is 2.32 bits per heavy atom. The first kappa shape index (κ1) is 18.4. The Morgan fingerprint density at radius 1 is 1.05 bits per heavy atom. The van der Waals surface area contributed by atoms with Crippen LogP contribution >= 0.6 is 0 Å². The van der Waals surface area contributed by atoms with Crippen LogP contribution in [0.5, 0.6) is 5.75 Å². The fraction of sp³-hybridized carbons (Fsp3) is 0.562. The van der Waals surface area contributed by atoms with Gasteiger partial charge in [-0.1, -0.05) is 0 Å². The molecule has 0 aliphatic heterocycles.